The fraction of sp³-hybridized carbons (Fsp3) is 0.182. The number of nitrogens with one attached hydrogen (secondary N) is 1. The lowest BCUT2D eigenvalue weighted by Crippen LogP contribution is -2.34. The molecule has 0 saturated heterocycles. The predicted octanol–water partition coefficient (Wildman–Crippen LogP) is 2.60. The van der Waals surface area contributed by atoms with Gasteiger partial charge in [0, 0.05) is 37.1 Å². The largest absolute Gasteiger partial charge is 0.352 e. The third-order valence-corrected chi connectivity index (χ3v) is 4.78. The Bertz CT molecular complexity index is 1220. The SMILES string of the molecule is O=C(NCCCn1ccnc1)c1cc2cccnc2n(Cc2ccc(F)cc2)c1=O. The van der Waals surface area contributed by atoms with Crippen LogP contribution in [0.25, 0.3) is 11.0 Å². The molecule has 0 spiro atoms. The molecule has 1 amide bonds. The van der Waals surface area contributed by atoms with E-state index in [0.717, 1.165) is 12.1 Å². The maximum absolute atomic E-state index is 13.2. The van der Waals surface area contributed by atoms with Gasteiger partial charge in [-0.1, -0.05) is 12.1 Å². The Kier molecular flexibility index (Phi) is 5.65. The molecule has 8 heteroatoms. The number of carbonyl (C=O) groups is 1. The van der Waals surface area contributed by atoms with Crippen LogP contribution in [0, 0.1) is 5.82 Å². The van der Waals surface area contributed by atoms with Gasteiger partial charge in [0.25, 0.3) is 11.5 Å². The maximum Gasteiger partial charge on any atom is 0.265 e. The Balaban J connectivity index is 1.58. The number of amides is 1. The average Bonchev–Trinajstić information content (AvgIpc) is 3.28. The van der Waals surface area contributed by atoms with Gasteiger partial charge in [0.1, 0.15) is 17.0 Å². The molecular formula is C22H20FN5O2. The number of hydrogen-bond donors (Lipinski definition) is 1. The third-order valence-electron chi connectivity index (χ3n) is 4.78. The number of carbonyl (C=O) groups excluding carboxylic acids is 1. The summed E-state index contributed by atoms with van der Waals surface area (Å²) in [5.74, 6) is -0.776. The van der Waals surface area contributed by atoms with Crippen molar-refractivity contribution in [3.8, 4) is 0 Å². The number of benzene rings is 1. The molecule has 1 N–H and O–H groups in total. The van der Waals surface area contributed by atoms with Crippen molar-refractivity contribution in [2.24, 2.45) is 0 Å². The second-order valence-corrected chi connectivity index (χ2v) is 6.90. The van der Waals surface area contributed by atoms with Crippen LogP contribution in [0.1, 0.15) is 22.3 Å². The Morgan fingerprint density at radius 1 is 1.13 bits per heavy atom. The first kappa shape index (κ1) is 19.5. The molecule has 30 heavy (non-hydrogen) atoms. The van der Waals surface area contributed by atoms with Gasteiger partial charge in [-0.05, 0) is 42.3 Å². The first-order valence-corrected chi connectivity index (χ1v) is 9.59. The normalized spacial score (nSPS) is 11.0. The van der Waals surface area contributed by atoms with E-state index >= 15 is 0 Å². The molecular weight excluding hydrogens is 385 g/mol. The van der Waals surface area contributed by atoms with E-state index < -0.39 is 11.5 Å². The Morgan fingerprint density at radius 3 is 2.73 bits per heavy atom. The summed E-state index contributed by atoms with van der Waals surface area (Å²) in [5, 5.41) is 3.49. The van der Waals surface area contributed by atoms with Crippen molar-refractivity contribution in [2.45, 2.75) is 19.5 Å². The summed E-state index contributed by atoms with van der Waals surface area (Å²) >= 11 is 0. The van der Waals surface area contributed by atoms with E-state index in [1.807, 2.05) is 10.8 Å². The van der Waals surface area contributed by atoms with Crippen LogP contribution in [-0.2, 0) is 13.1 Å². The molecule has 0 atom stereocenters. The van der Waals surface area contributed by atoms with E-state index in [1.54, 1.807) is 49.1 Å². The quantitative estimate of drug-likeness (QED) is 0.479. The van der Waals surface area contributed by atoms with Crippen molar-refractivity contribution in [1.82, 2.24) is 24.4 Å². The molecule has 3 aromatic heterocycles. The van der Waals surface area contributed by atoms with Crippen LogP contribution in [0.5, 0.6) is 0 Å². The molecule has 0 aliphatic heterocycles. The maximum atomic E-state index is 13.2. The highest BCUT2D eigenvalue weighted by Gasteiger charge is 2.16. The van der Waals surface area contributed by atoms with Crippen LogP contribution >= 0.6 is 0 Å². The fourth-order valence-corrected chi connectivity index (χ4v) is 3.27. The minimum Gasteiger partial charge on any atom is -0.352 e. The van der Waals surface area contributed by atoms with E-state index in [0.29, 0.717) is 24.0 Å². The number of hydrogen-bond acceptors (Lipinski definition) is 4. The molecule has 0 fully saturated rings. The van der Waals surface area contributed by atoms with Gasteiger partial charge < -0.3 is 9.88 Å². The number of fused-ring (bicyclic) bond motifs is 1. The van der Waals surface area contributed by atoms with E-state index in [-0.39, 0.29) is 17.9 Å². The lowest BCUT2D eigenvalue weighted by atomic mass is 10.1. The van der Waals surface area contributed by atoms with Gasteiger partial charge >= 0.3 is 0 Å². The van der Waals surface area contributed by atoms with Gasteiger partial charge in [-0.25, -0.2) is 14.4 Å². The van der Waals surface area contributed by atoms with Gasteiger partial charge in [0.15, 0.2) is 0 Å². The predicted molar refractivity (Wildman–Crippen MR) is 111 cm³/mol. The molecule has 7 nitrogen and oxygen atoms in total. The molecule has 0 bridgehead atoms. The second-order valence-electron chi connectivity index (χ2n) is 6.90. The summed E-state index contributed by atoms with van der Waals surface area (Å²) in [6, 6.07) is 11.0. The number of aromatic nitrogens is 4. The number of halogens is 1. The van der Waals surface area contributed by atoms with E-state index in [1.165, 1.54) is 16.7 Å². The standard InChI is InChI=1S/C22H20FN5O2/c23-18-6-4-16(5-7-18)14-28-20-17(3-1-8-25-20)13-19(22(28)30)21(29)26-9-2-11-27-12-10-24-15-27/h1,3-8,10,12-13,15H,2,9,11,14H2,(H,26,29). The number of pyridine rings is 2. The van der Waals surface area contributed by atoms with Gasteiger partial charge in [-0.2, -0.15) is 0 Å². The lowest BCUT2D eigenvalue weighted by molar-refractivity contribution is 0.0951. The number of aryl methyl sites for hydroxylation is 1. The molecule has 4 aromatic rings. The highest BCUT2D eigenvalue weighted by molar-refractivity contribution is 5.96. The molecule has 0 aliphatic carbocycles. The zero-order valence-corrected chi connectivity index (χ0v) is 16.2. The Morgan fingerprint density at radius 2 is 1.97 bits per heavy atom. The summed E-state index contributed by atoms with van der Waals surface area (Å²) in [5.41, 5.74) is 0.838. The summed E-state index contributed by atoms with van der Waals surface area (Å²) in [4.78, 5) is 34.1. The van der Waals surface area contributed by atoms with Crippen LogP contribution in [0.3, 0.4) is 0 Å². The zero-order valence-electron chi connectivity index (χ0n) is 16.2. The highest BCUT2D eigenvalue weighted by Crippen LogP contribution is 2.13. The van der Waals surface area contributed by atoms with Gasteiger partial charge in [-0.3, -0.25) is 14.2 Å². The molecule has 0 unspecified atom stereocenters. The van der Waals surface area contributed by atoms with Crippen molar-refractivity contribution in [1.29, 1.82) is 0 Å². The van der Waals surface area contributed by atoms with Crippen molar-refractivity contribution in [2.75, 3.05) is 6.54 Å². The number of nitrogens with zero attached hydrogens (tertiary/aromatic N) is 4. The van der Waals surface area contributed by atoms with E-state index in [9.17, 15) is 14.0 Å². The number of imidazole rings is 1. The molecule has 152 valence electrons. The topological polar surface area (TPSA) is 81.8 Å². The molecule has 4 rings (SSSR count). The fourth-order valence-electron chi connectivity index (χ4n) is 3.27. The van der Waals surface area contributed by atoms with Crippen LogP contribution in [0.4, 0.5) is 4.39 Å². The third kappa shape index (κ3) is 4.27. The Hall–Kier alpha value is -3.81. The highest BCUT2D eigenvalue weighted by atomic mass is 19.1. The minimum absolute atomic E-state index is 0.0558. The molecule has 0 saturated carbocycles. The lowest BCUT2D eigenvalue weighted by Gasteiger charge is -2.12. The summed E-state index contributed by atoms with van der Waals surface area (Å²) in [6.45, 7) is 1.34. The van der Waals surface area contributed by atoms with Crippen LogP contribution in [0.2, 0.25) is 0 Å². The zero-order chi connectivity index (χ0) is 20.9. The monoisotopic (exact) mass is 405 g/mol. The van der Waals surface area contributed by atoms with Crippen molar-refractivity contribution < 1.29 is 9.18 Å². The molecule has 0 radical (unpaired) electrons. The van der Waals surface area contributed by atoms with Gasteiger partial charge in [0.05, 0.1) is 12.9 Å². The summed E-state index contributed by atoms with van der Waals surface area (Å²) < 4.78 is 16.6. The summed E-state index contributed by atoms with van der Waals surface area (Å²) in [6.07, 6.45) is 7.57. The van der Waals surface area contributed by atoms with Crippen molar-refractivity contribution >= 4 is 16.9 Å². The molecule has 3 heterocycles. The number of rotatable bonds is 7. The first-order chi connectivity index (χ1) is 14.6. The van der Waals surface area contributed by atoms with Gasteiger partial charge in [0.2, 0.25) is 0 Å². The first-order valence-electron chi connectivity index (χ1n) is 9.59. The van der Waals surface area contributed by atoms with Crippen LogP contribution < -0.4 is 10.9 Å². The smallest absolute Gasteiger partial charge is 0.265 e. The molecule has 1 aromatic carbocycles. The van der Waals surface area contributed by atoms with Crippen LogP contribution in [-0.4, -0.2) is 31.6 Å². The van der Waals surface area contributed by atoms with Crippen LogP contribution in [0.15, 0.2) is 72.2 Å². The van der Waals surface area contributed by atoms with E-state index in [4.69, 9.17) is 0 Å². The summed E-state index contributed by atoms with van der Waals surface area (Å²) in [7, 11) is 0. The average molecular weight is 405 g/mol. The van der Waals surface area contributed by atoms with Gasteiger partial charge in [-0.15, -0.1) is 0 Å². The van der Waals surface area contributed by atoms with Crippen molar-refractivity contribution in [3.05, 3.63) is 94.7 Å². The molecule has 0 aliphatic rings. The van der Waals surface area contributed by atoms with E-state index in [2.05, 4.69) is 15.3 Å². The Labute approximate surface area is 171 Å². The minimum atomic E-state index is -0.433. The second kappa shape index (κ2) is 8.69. The van der Waals surface area contributed by atoms with Crippen molar-refractivity contribution in [3.63, 3.8) is 0 Å².